The number of carbonyl (C=O) groups excluding carboxylic acids is 2. The summed E-state index contributed by atoms with van der Waals surface area (Å²) in [6, 6.07) is 20.5. The quantitative estimate of drug-likeness (QED) is 0.354. The molecule has 2 amide bonds. The number of rotatable bonds is 12. The average Bonchev–Trinajstić information content (AvgIpc) is 2.93. The third-order valence-electron chi connectivity index (χ3n) is 5.93. The molecule has 3 rings (SSSR count). The summed E-state index contributed by atoms with van der Waals surface area (Å²) in [7, 11) is -2.63. The highest BCUT2D eigenvalue weighted by Gasteiger charge is 2.33. The Balaban J connectivity index is 2.02. The van der Waals surface area contributed by atoms with Crippen LogP contribution in [0.3, 0.4) is 0 Å². The normalized spacial score (nSPS) is 11.9. The van der Waals surface area contributed by atoms with Crippen molar-refractivity contribution in [3.63, 3.8) is 0 Å². The Bertz CT molecular complexity index is 1350. The van der Waals surface area contributed by atoms with Crippen LogP contribution in [0, 0.1) is 0 Å². The van der Waals surface area contributed by atoms with Crippen molar-refractivity contribution in [3.8, 4) is 5.75 Å². The van der Waals surface area contributed by atoms with E-state index in [1.165, 1.54) is 17.0 Å². The van der Waals surface area contributed by atoms with Crippen LogP contribution in [-0.2, 0) is 26.2 Å². The monoisotopic (exact) mass is 557 g/mol. The number of nitrogens with zero attached hydrogens (tertiary/aromatic N) is 2. The fourth-order valence-corrected chi connectivity index (χ4v) is 5.58. The maximum Gasteiger partial charge on any atom is 0.264 e. The summed E-state index contributed by atoms with van der Waals surface area (Å²) in [6.45, 7) is 3.52. The number of anilines is 1. The Hall–Kier alpha value is -3.56. The van der Waals surface area contributed by atoms with Crippen LogP contribution in [0.15, 0.2) is 83.8 Å². The van der Waals surface area contributed by atoms with E-state index in [-0.39, 0.29) is 28.1 Å². The van der Waals surface area contributed by atoms with E-state index in [1.54, 1.807) is 74.7 Å². The Morgan fingerprint density at radius 1 is 1.00 bits per heavy atom. The van der Waals surface area contributed by atoms with Crippen molar-refractivity contribution in [1.82, 2.24) is 10.2 Å². The zero-order valence-electron chi connectivity index (χ0n) is 21.6. The van der Waals surface area contributed by atoms with Crippen molar-refractivity contribution in [2.24, 2.45) is 0 Å². The summed E-state index contributed by atoms with van der Waals surface area (Å²) in [4.78, 5) is 28.1. The van der Waals surface area contributed by atoms with Crippen LogP contribution >= 0.6 is 11.6 Å². The molecule has 0 aliphatic heterocycles. The minimum absolute atomic E-state index is 0.0146. The molecule has 0 heterocycles. The van der Waals surface area contributed by atoms with Crippen molar-refractivity contribution in [2.75, 3.05) is 24.5 Å². The molecule has 0 aliphatic rings. The van der Waals surface area contributed by atoms with Gasteiger partial charge in [0.2, 0.25) is 11.8 Å². The second-order valence-electron chi connectivity index (χ2n) is 8.62. The van der Waals surface area contributed by atoms with Gasteiger partial charge in [0, 0.05) is 13.1 Å². The first-order chi connectivity index (χ1) is 18.2. The van der Waals surface area contributed by atoms with Crippen LogP contribution < -0.4 is 14.4 Å². The standard InChI is InChI=1S/C28H32ClN3O5S/c1-4-17-30-28(34)21(2)31(19-22-11-10-12-23(18-22)37-3)27(33)20-32(26-16-9-8-15-25(26)29)38(35,36)24-13-6-5-7-14-24/h5-16,18,21H,4,17,19-20H2,1-3H3,(H,30,34)/t21-/m0/s1. The average molecular weight is 558 g/mol. The number of methoxy groups -OCH3 is 1. The molecule has 0 aliphatic carbocycles. The van der Waals surface area contributed by atoms with E-state index in [1.807, 2.05) is 13.0 Å². The summed E-state index contributed by atoms with van der Waals surface area (Å²) < 4.78 is 33.8. The summed E-state index contributed by atoms with van der Waals surface area (Å²) >= 11 is 6.40. The van der Waals surface area contributed by atoms with Crippen molar-refractivity contribution in [1.29, 1.82) is 0 Å². The third-order valence-corrected chi connectivity index (χ3v) is 8.03. The van der Waals surface area contributed by atoms with Gasteiger partial charge < -0.3 is 15.0 Å². The topological polar surface area (TPSA) is 96.0 Å². The molecule has 0 spiro atoms. The number of benzene rings is 3. The summed E-state index contributed by atoms with van der Waals surface area (Å²) in [6.07, 6.45) is 0.734. The Morgan fingerprint density at radius 3 is 2.34 bits per heavy atom. The van der Waals surface area contributed by atoms with Gasteiger partial charge in [-0.1, -0.05) is 61.0 Å². The lowest BCUT2D eigenvalue weighted by molar-refractivity contribution is -0.139. The summed E-state index contributed by atoms with van der Waals surface area (Å²) in [5, 5.41) is 2.99. The first-order valence-corrected chi connectivity index (χ1v) is 14.0. The third kappa shape index (κ3) is 7.05. The van der Waals surface area contributed by atoms with Gasteiger partial charge in [0.05, 0.1) is 22.7 Å². The predicted octanol–water partition coefficient (Wildman–Crippen LogP) is 4.49. The van der Waals surface area contributed by atoms with Gasteiger partial charge >= 0.3 is 0 Å². The first kappa shape index (κ1) is 29.0. The van der Waals surface area contributed by atoms with Crippen LogP contribution in [0.4, 0.5) is 5.69 Å². The minimum atomic E-state index is -4.17. The second kappa shape index (κ2) is 13.3. The van der Waals surface area contributed by atoms with Crippen LogP contribution in [-0.4, -0.2) is 51.4 Å². The van der Waals surface area contributed by atoms with Gasteiger partial charge in [0.25, 0.3) is 10.0 Å². The summed E-state index contributed by atoms with van der Waals surface area (Å²) in [5.74, 6) is -0.299. The molecule has 1 atom stereocenters. The number of hydrogen-bond donors (Lipinski definition) is 1. The molecule has 38 heavy (non-hydrogen) atoms. The molecule has 0 fully saturated rings. The van der Waals surface area contributed by atoms with Gasteiger partial charge in [-0.3, -0.25) is 13.9 Å². The van der Waals surface area contributed by atoms with Crippen LogP contribution in [0.5, 0.6) is 5.75 Å². The molecule has 0 saturated carbocycles. The highest BCUT2D eigenvalue weighted by Crippen LogP contribution is 2.30. The zero-order chi connectivity index (χ0) is 27.7. The zero-order valence-corrected chi connectivity index (χ0v) is 23.2. The van der Waals surface area contributed by atoms with Crippen LogP contribution in [0.1, 0.15) is 25.8 Å². The molecule has 0 aromatic heterocycles. The van der Waals surface area contributed by atoms with Gasteiger partial charge in [-0.05, 0) is 55.3 Å². The van der Waals surface area contributed by atoms with Crippen molar-refractivity contribution in [2.45, 2.75) is 37.8 Å². The number of amides is 2. The lowest BCUT2D eigenvalue weighted by atomic mass is 10.1. The maximum atomic E-state index is 13.9. The molecule has 8 nitrogen and oxygen atoms in total. The fraction of sp³-hybridized carbons (Fsp3) is 0.286. The van der Waals surface area contributed by atoms with E-state index in [0.29, 0.717) is 12.3 Å². The molecule has 3 aromatic carbocycles. The molecule has 1 N–H and O–H groups in total. The van der Waals surface area contributed by atoms with Gasteiger partial charge in [0.1, 0.15) is 18.3 Å². The molecule has 202 valence electrons. The van der Waals surface area contributed by atoms with Crippen LogP contribution in [0.25, 0.3) is 0 Å². The van der Waals surface area contributed by atoms with Crippen molar-refractivity contribution in [3.05, 3.63) is 89.4 Å². The van der Waals surface area contributed by atoms with E-state index in [2.05, 4.69) is 5.32 Å². The van der Waals surface area contributed by atoms with Gasteiger partial charge in [0.15, 0.2) is 0 Å². The molecule has 0 unspecified atom stereocenters. The first-order valence-electron chi connectivity index (χ1n) is 12.2. The van der Waals surface area contributed by atoms with Gasteiger partial charge in [-0.25, -0.2) is 8.42 Å². The molecule has 3 aromatic rings. The van der Waals surface area contributed by atoms with Gasteiger partial charge in [-0.15, -0.1) is 0 Å². The predicted molar refractivity (Wildman–Crippen MR) is 149 cm³/mol. The van der Waals surface area contributed by atoms with Crippen molar-refractivity contribution >= 4 is 39.1 Å². The van der Waals surface area contributed by atoms with E-state index >= 15 is 0 Å². The van der Waals surface area contributed by atoms with E-state index in [9.17, 15) is 18.0 Å². The highest BCUT2D eigenvalue weighted by molar-refractivity contribution is 7.92. The van der Waals surface area contributed by atoms with E-state index in [4.69, 9.17) is 16.3 Å². The molecule has 10 heteroatoms. The smallest absolute Gasteiger partial charge is 0.264 e. The molecular formula is C28H32ClN3O5S. The second-order valence-corrected chi connectivity index (χ2v) is 10.9. The number of para-hydroxylation sites is 1. The number of sulfonamides is 1. The number of hydrogen-bond acceptors (Lipinski definition) is 5. The molecule has 0 bridgehead atoms. The summed E-state index contributed by atoms with van der Waals surface area (Å²) in [5.41, 5.74) is 0.888. The molecule has 0 radical (unpaired) electrons. The largest absolute Gasteiger partial charge is 0.497 e. The SMILES string of the molecule is CCCNC(=O)[C@H](C)N(Cc1cccc(OC)c1)C(=O)CN(c1ccccc1Cl)S(=O)(=O)c1ccccc1. The minimum Gasteiger partial charge on any atom is -0.497 e. The Kier molecular flexibility index (Phi) is 10.2. The van der Waals surface area contributed by atoms with E-state index in [0.717, 1.165) is 16.3 Å². The number of ether oxygens (including phenoxy) is 1. The van der Waals surface area contributed by atoms with Gasteiger partial charge in [-0.2, -0.15) is 0 Å². The van der Waals surface area contributed by atoms with Crippen LogP contribution in [0.2, 0.25) is 5.02 Å². The highest BCUT2D eigenvalue weighted by atomic mass is 35.5. The van der Waals surface area contributed by atoms with E-state index < -0.39 is 28.5 Å². The Labute approximate surface area is 229 Å². The number of carbonyl (C=O) groups is 2. The Morgan fingerprint density at radius 2 is 1.68 bits per heavy atom. The molecular weight excluding hydrogens is 526 g/mol. The lowest BCUT2D eigenvalue weighted by Gasteiger charge is -2.32. The van der Waals surface area contributed by atoms with Crippen molar-refractivity contribution < 1.29 is 22.7 Å². The number of nitrogens with one attached hydrogen (secondary N) is 1. The number of halogens is 1. The fourth-order valence-electron chi connectivity index (χ4n) is 3.83. The molecule has 0 saturated heterocycles. The maximum absolute atomic E-state index is 13.9. The lowest BCUT2D eigenvalue weighted by Crippen LogP contribution is -2.51.